The molecule has 2 aromatic rings. The van der Waals surface area contributed by atoms with Crippen LogP contribution in [0.25, 0.3) is 6.08 Å². The Labute approximate surface area is 160 Å². The van der Waals surface area contributed by atoms with Gasteiger partial charge in [0.2, 0.25) is 10.0 Å². The molecule has 0 saturated carbocycles. The van der Waals surface area contributed by atoms with Gasteiger partial charge < -0.3 is 4.74 Å². The fourth-order valence-corrected chi connectivity index (χ4v) is 4.21. The van der Waals surface area contributed by atoms with Crippen LogP contribution in [0.4, 0.5) is 0 Å². The molecule has 138 valence electrons. The number of hydrogen-bond acceptors (Lipinski definition) is 3. The van der Waals surface area contributed by atoms with Crippen molar-refractivity contribution in [3.05, 3.63) is 76.2 Å². The highest BCUT2D eigenvalue weighted by atomic mass is 35.5. The lowest BCUT2D eigenvalue weighted by Gasteiger charge is -2.30. The summed E-state index contributed by atoms with van der Waals surface area (Å²) in [7, 11) is -3.42. The molecule has 0 aromatic heterocycles. The van der Waals surface area contributed by atoms with Gasteiger partial charge in [0, 0.05) is 23.5 Å². The van der Waals surface area contributed by atoms with Crippen molar-refractivity contribution >= 4 is 27.7 Å². The molecule has 1 aliphatic heterocycles. The average molecular weight is 392 g/mol. The van der Waals surface area contributed by atoms with Gasteiger partial charge in [-0.25, -0.2) is 8.42 Å². The predicted molar refractivity (Wildman–Crippen MR) is 105 cm³/mol. The number of hydrogen-bond donors (Lipinski definition) is 0. The van der Waals surface area contributed by atoms with E-state index < -0.39 is 10.0 Å². The van der Waals surface area contributed by atoms with Crippen LogP contribution < -0.4 is 0 Å². The number of piperidine rings is 1. The molecule has 1 saturated heterocycles. The van der Waals surface area contributed by atoms with Gasteiger partial charge in [0.25, 0.3) is 0 Å². The molecule has 26 heavy (non-hydrogen) atoms. The first kappa shape index (κ1) is 19.1. The molecule has 1 aliphatic rings. The maximum absolute atomic E-state index is 12.5. The largest absolute Gasteiger partial charge is 0.373 e. The monoisotopic (exact) mass is 391 g/mol. The van der Waals surface area contributed by atoms with Crippen LogP contribution in [0.1, 0.15) is 24.0 Å². The molecular formula is C20H22ClNO3S. The second-order valence-corrected chi connectivity index (χ2v) is 8.55. The maximum Gasteiger partial charge on any atom is 0.236 e. The van der Waals surface area contributed by atoms with Crippen LogP contribution >= 0.6 is 11.6 Å². The summed E-state index contributed by atoms with van der Waals surface area (Å²) in [5.41, 5.74) is 1.94. The van der Waals surface area contributed by atoms with Gasteiger partial charge in [0.15, 0.2) is 0 Å². The Bertz CT molecular complexity index is 827. The van der Waals surface area contributed by atoms with Crippen molar-refractivity contribution in [2.45, 2.75) is 25.6 Å². The van der Waals surface area contributed by atoms with Gasteiger partial charge in [-0.15, -0.1) is 0 Å². The Morgan fingerprint density at radius 2 is 1.69 bits per heavy atom. The summed E-state index contributed by atoms with van der Waals surface area (Å²) in [5, 5.41) is 1.89. The first-order valence-electron chi connectivity index (χ1n) is 8.62. The van der Waals surface area contributed by atoms with Gasteiger partial charge in [-0.05, 0) is 42.2 Å². The lowest BCUT2D eigenvalue weighted by Crippen LogP contribution is -2.39. The highest BCUT2D eigenvalue weighted by Gasteiger charge is 2.26. The molecular weight excluding hydrogens is 370 g/mol. The third kappa shape index (κ3) is 5.42. The molecule has 0 amide bonds. The summed E-state index contributed by atoms with van der Waals surface area (Å²) in [6.45, 7) is 1.52. The first-order valence-corrected chi connectivity index (χ1v) is 10.5. The zero-order valence-electron chi connectivity index (χ0n) is 14.4. The number of nitrogens with zero attached hydrogens (tertiary/aromatic N) is 1. The fourth-order valence-electron chi connectivity index (χ4n) is 2.87. The summed E-state index contributed by atoms with van der Waals surface area (Å²) in [6, 6.07) is 17.1. The second kappa shape index (κ2) is 8.82. The van der Waals surface area contributed by atoms with Gasteiger partial charge >= 0.3 is 0 Å². The van der Waals surface area contributed by atoms with Crippen molar-refractivity contribution in [2.24, 2.45) is 0 Å². The Morgan fingerprint density at radius 1 is 1.04 bits per heavy atom. The van der Waals surface area contributed by atoms with E-state index in [1.165, 1.54) is 9.71 Å². The van der Waals surface area contributed by atoms with Gasteiger partial charge in [0.1, 0.15) is 0 Å². The SMILES string of the molecule is O=S(=O)(/C=C/c1ccc(Cl)cc1)N1CCC(OCc2ccccc2)CC1. The number of rotatable bonds is 6. The van der Waals surface area contributed by atoms with Crippen molar-refractivity contribution in [3.8, 4) is 0 Å². The minimum absolute atomic E-state index is 0.0990. The number of ether oxygens (including phenoxy) is 1. The van der Waals surface area contributed by atoms with Crippen molar-refractivity contribution in [1.82, 2.24) is 4.31 Å². The minimum Gasteiger partial charge on any atom is -0.373 e. The van der Waals surface area contributed by atoms with Gasteiger partial charge in [-0.1, -0.05) is 54.1 Å². The smallest absolute Gasteiger partial charge is 0.236 e. The standard InChI is InChI=1S/C20H22ClNO3S/c21-19-8-6-17(7-9-19)12-15-26(23,24)22-13-10-20(11-14-22)25-16-18-4-2-1-3-5-18/h1-9,12,15,20H,10-11,13-14,16H2/b15-12+. The number of benzene rings is 2. The van der Waals surface area contributed by atoms with E-state index >= 15 is 0 Å². The highest BCUT2D eigenvalue weighted by Crippen LogP contribution is 2.20. The Kier molecular flexibility index (Phi) is 6.48. The summed E-state index contributed by atoms with van der Waals surface area (Å²) in [5.74, 6) is 0. The molecule has 3 rings (SSSR count). The third-order valence-electron chi connectivity index (χ3n) is 4.39. The van der Waals surface area contributed by atoms with Crippen molar-refractivity contribution in [2.75, 3.05) is 13.1 Å². The van der Waals surface area contributed by atoms with E-state index in [0.29, 0.717) is 37.6 Å². The molecule has 1 heterocycles. The molecule has 0 spiro atoms. The molecule has 1 fully saturated rings. The summed E-state index contributed by atoms with van der Waals surface area (Å²) >= 11 is 5.84. The van der Waals surface area contributed by atoms with Gasteiger partial charge in [0.05, 0.1) is 12.7 Å². The van der Waals surface area contributed by atoms with Crippen molar-refractivity contribution in [3.63, 3.8) is 0 Å². The normalized spacial score (nSPS) is 17.0. The fraction of sp³-hybridized carbons (Fsp3) is 0.300. The average Bonchev–Trinajstić information content (AvgIpc) is 2.67. The molecule has 0 radical (unpaired) electrons. The highest BCUT2D eigenvalue weighted by molar-refractivity contribution is 7.92. The van der Waals surface area contributed by atoms with E-state index in [1.54, 1.807) is 30.3 Å². The van der Waals surface area contributed by atoms with Crippen LogP contribution in [-0.4, -0.2) is 31.9 Å². The van der Waals surface area contributed by atoms with Gasteiger partial charge in [-0.2, -0.15) is 4.31 Å². The van der Waals surface area contributed by atoms with E-state index in [9.17, 15) is 8.42 Å². The molecule has 0 aliphatic carbocycles. The maximum atomic E-state index is 12.5. The summed E-state index contributed by atoms with van der Waals surface area (Å²) < 4.78 is 32.4. The second-order valence-electron chi connectivity index (χ2n) is 6.29. The molecule has 6 heteroatoms. The quantitative estimate of drug-likeness (QED) is 0.736. The number of halogens is 1. The zero-order valence-corrected chi connectivity index (χ0v) is 16.0. The van der Waals surface area contributed by atoms with Crippen LogP contribution in [0.2, 0.25) is 5.02 Å². The molecule has 4 nitrogen and oxygen atoms in total. The zero-order chi connectivity index (χ0) is 18.4. The van der Waals surface area contributed by atoms with Crippen LogP contribution in [0.15, 0.2) is 60.0 Å². The van der Waals surface area contributed by atoms with E-state index in [4.69, 9.17) is 16.3 Å². The lowest BCUT2D eigenvalue weighted by atomic mass is 10.1. The number of sulfonamides is 1. The summed E-state index contributed by atoms with van der Waals surface area (Å²) in [6.07, 6.45) is 3.12. The predicted octanol–water partition coefficient (Wildman–Crippen LogP) is 4.32. The van der Waals surface area contributed by atoms with E-state index in [1.807, 2.05) is 30.3 Å². The minimum atomic E-state index is -3.42. The first-order chi connectivity index (χ1) is 12.5. The lowest BCUT2D eigenvalue weighted by molar-refractivity contribution is 0.0104. The molecule has 0 atom stereocenters. The Hall–Kier alpha value is -1.66. The van der Waals surface area contributed by atoms with Crippen molar-refractivity contribution in [1.29, 1.82) is 0 Å². The van der Waals surface area contributed by atoms with Crippen LogP contribution in [0, 0.1) is 0 Å². The van der Waals surface area contributed by atoms with Crippen LogP contribution in [0.5, 0.6) is 0 Å². The van der Waals surface area contributed by atoms with Crippen LogP contribution in [0.3, 0.4) is 0 Å². The Morgan fingerprint density at radius 3 is 2.35 bits per heavy atom. The van der Waals surface area contributed by atoms with E-state index in [-0.39, 0.29) is 6.10 Å². The summed E-state index contributed by atoms with van der Waals surface area (Å²) in [4.78, 5) is 0. The van der Waals surface area contributed by atoms with Crippen LogP contribution in [-0.2, 0) is 21.4 Å². The van der Waals surface area contributed by atoms with E-state index in [0.717, 1.165) is 11.1 Å². The Balaban J connectivity index is 1.50. The topological polar surface area (TPSA) is 46.6 Å². The molecule has 0 unspecified atom stereocenters. The van der Waals surface area contributed by atoms with Crippen molar-refractivity contribution < 1.29 is 13.2 Å². The van der Waals surface area contributed by atoms with Gasteiger partial charge in [-0.3, -0.25) is 0 Å². The molecule has 0 N–H and O–H groups in total. The van der Waals surface area contributed by atoms with E-state index in [2.05, 4.69) is 0 Å². The molecule has 2 aromatic carbocycles. The third-order valence-corrected chi connectivity index (χ3v) is 6.21. The molecule has 0 bridgehead atoms.